The fraction of sp³-hybridized carbons (Fsp3) is 0.500. The third kappa shape index (κ3) is 4.05. The van der Waals surface area contributed by atoms with Crippen molar-refractivity contribution in [2.24, 2.45) is 0 Å². The molecule has 0 saturated carbocycles. The Bertz CT molecular complexity index is 633. The van der Waals surface area contributed by atoms with Gasteiger partial charge in [-0.15, -0.1) is 0 Å². The average Bonchev–Trinajstić information content (AvgIpc) is 2.56. The normalized spacial score (nSPS) is 16.1. The van der Waals surface area contributed by atoms with Crippen LogP contribution in [0.5, 0.6) is 0 Å². The van der Waals surface area contributed by atoms with Gasteiger partial charge in [0.05, 0.1) is 5.69 Å². The van der Waals surface area contributed by atoms with Gasteiger partial charge in [0.25, 0.3) is 0 Å². The van der Waals surface area contributed by atoms with Crippen LogP contribution >= 0.6 is 0 Å². The van der Waals surface area contributed by atoms with Crippen molar-refractivity contribution in [3.63, 3.8) is 0 Å². The molecule has 122 valence electrons. The molecule has 2 aromatic rings. The second-order valence-corrected chi connectivity index (χ2v) is 6.46. The smallest absolute Gasteiger partial charge is 0.133 e. The Morgan fingerprint density at radius 3 is 2.52 bits per heavy atom. The molecule has 0 unspecified atom stereocenters. The van der Waals surface area contributed by atoms with Crippen LogP contribution in [0.25, 0.3) is 0 Å². The van der Waals surface area contributed by atoms with E-state index in [0.29, 0.717) is 5.92 Å². The van der Waals surface area contributed by atoms with E-state index in [1.54, 1.807) is 0 Å². The van der Waals surface area contributed by atoms with E-state index in [0.717, 1.165) is 55.8 Å². The number of aromatic nitrogens is 3. The summed E-state index contributed by atoms with van der Waals surface area (Å²) < 4.78 is 0. The predicted molar refractivity (Wildman–Crippen MR) is 92.6 cm³/mol. The van der Waals surface area contributed by atoms with E-state index in [2.05, 4.69) is 51.8 Å². The van der Waals surface area contributed by atoms with E-state index < -0.39 is 0 Å². The van der Waals surface area contributed by atoms with E-state index in [1.165, 1.54) is 0 Å². The second kappa shape index (κ2) is 7.04. The van der Waals surface area contributed by atoms with E-state index in [4.69, 9.17) is 4.98 Å². The summed E-state index contributed by atoms with van der Waals surface area (Å²) in [6.07, 6.45) is 1.86. The van der Waals surface area contributed by atoms with Gasteiger partial charge in [0.2, 0.25) is 0 Å². The molecule has 2 aromatic heterocycles. The minimum atomic E-state index is 0.360. The molecule has 0 spiro atoms. The van der Waals surface area contributed by atoms with Gasteiger partial charge in [-0.25, -0.2) is 9.97 Å². The zero-order valence-electron chi connectivity index (χ0n) is 14.2. The molecule has 0 N–H and O–H groups in total. The molecular formula is C18H25N5. The first-order valence-electron chi connectivity index (χ1n) is 8.34. The summed E-state index contributed by atoms with van der Waals surface area (Å²) in [5.41, 5.74) is 2.19. The maximum absolute atomic E-state index is 4.75. The lowest BCUT2D eigenvalue weighted by Crippen LogP contribution is -2.46. The van der Waals surface area contributed by atoms with E-state index >= 15 is 0 Å². The maximum atomic E-state index is 4.75. The molecule has 3 rings (SSSR count). The van der Waals surface area contributed by atoms with Crippen LogP contribution in [0.1, 0.15) is 37.0 Å². The molecule has 0 aliphatic carbocycles. The van der Waals surface area contributed by atoms with Gasteiger partial charge in [0.15, 0.2) is 0 Å². The van der Waals surface area contributed by atoms with Crippen molar-refractivity contribution < 1.29 is 0 Å². The summed E-state index contributed by atoms with van der Waals surface area (Å²) in [6.45, 7) is 11.3. The SMILES string of the molecule is Cc1cc(N2CCN(Cc3ccccn3)CC2)nc(C(C)C)n1. The summed E-state index contributed by atoms with van der Waals surface area (Å²) in [4.78, 5) is 18.5. The first-order chi connectivity index (χ1) is 11.1. The Labute approximate surface area is 138 Å². The lowest BCUT2D eigenvalue weighted by molar-refractivity contribution is 0.246. The van der Waals surface area contributed by atoms with Crippen LogP contribution in [0, 0.1) is 6.92 Å². The van der Waals surface area contributed by atoms with Crippen molar-refractivity contribution in [2.75, 3.05) is 31.1 Å². The molecule has 5 heteroatoms. The molecule has 1 aliphatic heterocycles. The number of anilines is 1. The van der Waals surface area contributed by atoms with Crippen molar-refractivity contribution in [3.05, 3.63) is 47.7 Å². The molecule has 1 saturated heterocycles. The minimum Gasteiger partial charge on any atom is -0.354 e. The van der Waals surface area contributed by atoms with Crippen LogP contribution < -0.4 is 4.90 Å². The lowest BCUT2D eigenvalue weighted by atomic mass is 10.2. The predicted octanol–water partition coefficient (Wildman–Crippen LogP) is 2.63. The van der Waals surface area contributed by atoms with Crippen LogP contribution in [-0.2, 0) is 6.54 Å². The topological polar surface area (TPSA) is 45.2 Å². The highest BCUT2D eigenvalue weighted by molar-refractivity contribution is 5.40. The standard InChI is InChI=1S/C18H25N5/c1-14(2)18-20-15(3)12-17(21-18)23-10-8-22(9-11-23)13-16-6-4-5-7-19-16/h4-7,12,14H,8-11,13H2,1-3H3. The van der Waals surface area contributed by atoms with Crippen molar-refractivity contribution in [1.29, 1.82) is 0 Å². The Kier molecular flexibility index (Phi) is 4.86. The van der Waals surface area contributed by atoms with Crippen LogP contribution in [0.15, 0.2) is 30.5 Å². The Morgan fingerprint density at radius 1 is 1.09 bits per heavy atom. The average molecular weight is 311 g/mol. The summed E-state index contributed by atoms with van der Waals surface area (Å²) in [6, 6.07) is 8.20. The fourth-order valence-electron chi connectivity index (χ4n) is 2.85. The molecule has 0 amide bonds. The monoisotopic (exact) mass is 311 g/mol. The largest absolute Gasteiger partial charge is 0.354 e. The summed E-state index contributed by atoms with van der Waals surface area (Å²) in [5, 5.41) is 0. The first-order valence-corrected chi connectivity index (χ1v) is 8.34. The van der Waals surface area contributed by atoms with Gasteiger partial charge in [-0.2, -0.15) is 0 Å². The van der Waals surface area contributed by atoms with E-state index in [-0.39, 0.29) is 0 Å². The van der Waals surface area contributed by atoms with Gasteiger partial charge in [-0.1, -0.05) is 19.9 Å². The molecule has 1 aliphatic rings. The van der Waals surface area contributed by atoms with Crippen molar-refractivity contribution in [1.82, 2.24) is 19.9 Å². The van der Waals surface area contributed by atoms with Crippen molar-refractivity contribution in [3.8, 4) is 0 Å². The maximum Gasteiger partial charge on any atom is 0.133 e. The molecular weight excluding hydrogens is 286 g/mol. The third-order valence-electron chi connectivity index (χ3n) is 4.18. The first kappa shape index (κ1) is 15.9. The number of rotatable bonds is 4. The van der Waals surface area contributed by atoms with E-state index in [9.17, 15) is 0 Å². The van der Waals surface area contributed by atoms with Crippen LogP contribution in [0.3, 0.4) is 0 Å². The molecule has 23 heavy (non-hydrogen) atoms. The quantitative estimate of drug-likeness (QED) is 0.868. The lowest BCUT2D eigenvalue weighted by Gasteiger charge is -2.35. The van der Waals surface area contributed by atoms with Gasteiger partial charge < -0.3 is 4.90 Å². The number of nitrogens with zero attached hydrogens (tertiary/aromatic N) is 5. The van der Waals surface area contributed by atoms with Gasteiger partial charge in [0.1, 0.15) is 11.6 Å². The Balaban J connectivity index is 1.63. The van der Waals surface area contributed by atoms with Crippen LogP contribution in [0.4, 0.5) is 5.82 Å². The fourth-order valence-corrected chi connectivity index (χ4v) is 2.85. The Hall–Kier alpha value is -2.01. The van der Waals surface area contributed by atoms with Crippen molar-refractivity contribution >= 4 is 5.82 Å². The number of pyridine rings is 1. The third-order valence-corrected chi connectivity index (χ3v) is 4.18. The molecule has 5 nitrogen and oxygen atoms in total. The number of aryl methyl sites for hydroxylation is 1. The van der Waals surface area contributed by atoms with Gasteiger partial charge in [-0.05, 0) is 19.1 Å². The highest BCUT2D eigenvalue weighted by Crippen LogP contribution is 2.19. The summed E-state index contributed by atoms with van der Waals surface area (Å²) >= 11 is 0. The molecule has 0 radical (unpaired) electrons. The number of hydrogen-bond acceptors (Lipinski definition) is 5. The molecule has 0 bridgehead atoms. The van der Waals surface area contributed by atoms with Crippen LogP contribution in [-0.4, -0.2) is 46.0 Å². The highest BCUT2D eigenvalue weighted by atomic mass is 15.3. The van der Waals surface area contributed by atoms with Gasteiger partial charge in [-0.3, -0.25) is 9.88 Å². The zero-order valence-corrected chi connectivity index (χ0v) is 14.2. The zero-order chi connectivity index (χ0) is 16.2. The number of hydrogen-bond donors (Lipinski definition) is 0. The Morgan fingerprint density at radius 2 is 1.87 bits per heavy atom. The van der Waals surface area contributed by atoms with Crippen LogP contribution in [0.2, 0.25) is 0 Å². The second-order valence-electron chi connectivity index (χ2n) is 6.46. The number of piperazine rings is 1. The van der Waals surface area contributed by atoms with Crippen molar-refractivity contribution in [2.45, 2.75) is 33.2 Å². The van der Waals surface area contributed by atoms with Gasteiger partial charge >= 0.3 is 0 Å². The van der Waals surface area contributed by atoms with Gasteiger partial charge in [0, 0.05) is 56.6 Å². The highest BCUT2D eigenvalue weighted by Gasteiger charge is 2.19. The molecule has 3 heterocycles. The summed E-state index contributed by atoms with van der Waals surface area (Å²) in [7, 11) is 0. The summed E-state index contributed by atoms with van der Waals surface area (Å²) in [5.74, 6) is 2.37. The molecule has 0 aromatic carbocycles. The molecule has 1 fully saturated rings. The minimum absolute atomic E-state index is 0.360. The van der Waals surface area contributed by atoms with E-state index in [1.807, 2.05) is 19.2 Å². The molecule has 0 atom stereocenters.